The van der Waals surface area contributed by atoms with E-state index in [1.54, 1.807) is 40.7 Å². The Morgan fingerprint density at radius 1 is 1.00 bits per heavy atom. The van der Waals surface area contributed by atoms with Crippen LogP contribution in [0.5, 0.6) is 5.75 Å². The van der Waals surface area contributed by atoms with Crippen molar-refractivity contribution in [2.75, 3.05) is 46.4 Å². The molecule has 3 heterocycles. The summed E-state index contributed by atoms with van der Waals surface area (Å²) in [7, 11) is 1.43. The second kappa shape index (κ2) is 10.1. The molecule has 11 heteroatoms. The van der Waals surface area contributed by atoms with Gasteiger partial charge in [0.15, 0.2) is 5.01 Å². The van der Waals surface area contributed by atoms with Gasteiger partial charge in [-0.05, 0) is 35.9 Å². The van der Waals surface area contributed by atoms with Gasteiger partial charge in [-0.25, -0.2) is 4.98 Å². The molecule has 0 unspecified atom stereocenters. The third-order valence-corrected chi connectivity index (χ3v) is 7.59. The van der Waals surface area contributed by atoms with Gasteiger partial charge in [-0.15, -0.1) is 11.3 Å². The molecule has 2 aliphatic heterocycles. The van der Waals surface area contributed by atoms with Gasteiger partial charge in [0.05, 0.1) is 12.7 Å². The number of nitrogens with zero attached hydrogens (tertiary/aromatic N) is 4. The highest BCUT2D eigenvalue weighted by Crippen LogP contribution is 2.36. The molecule has 194 valence electrons. The smallest absolute Gasteiger partial charge is 0.416 e. The minimum absolute atomic E-state index is 0.0393. The van der Waals surface area contributed by atoms with Crippen LogP contribution in [-0.2, 0) is 6.18 Å². The number of carbonyl (C=O) groups is 2. The fourth-order valence-electron chi connectivity index (χ4n) is 4.71. The second-order valence-electron chi connectivity index (χ2n) is 9.02. The first-order valence-electron chi connectivity index (χ1n) is 11.8. The summed E-state index contributed by atoms with van der Waals surface area (Å²) in [6.45, 7) is 3.88. The number of hydrogen-bond acceptors (Lipinski definition) is 6. The van der Waals surface area contributed by atoms with E-state index in [-0.39, 0.29) is 17.9 Å². The molecule has 2 amide bonds. The van der Waals surface area contributed by atoms with Crippen LogP contribution in [0.15, 0.2) is 54.0 Å². The predicted molar refractivity (Wildman–Crippen MR) is 133 cm³/mol. The number of ether oxygens (including phenoxy) is 1. The van der Waals surface area contributed by atoms with E-state index in [4.69, 9.17) is 4.74 Å². The molecule has 2 saturated heterocycles. The molecule has 0 atom stereocenters. The van der Waals surface area contributed by atoms with E-state index in [0.717, 1.165) is 25.2 Å². The van der Waals surface area contributed by atoms with Gasteiger partial charge >= 0.3 is 6.18 Å². The van der Waals surface area contributed by atoms with Crippen molar-refractivity contribution in [2.45, 2.75) is 12.2 Å². The number of rotatable bonds is 5. The van der Waals surface area contributed by atoms with Gasteiger partial charge in [-0.3, -0.25) is 14.5 Å². The Morgan fingerprint density at radius 2 is 1.76 bits per heavy atom. The Kier molecular flexibility index (Phi) is 6.91. The van der Waals surface area contributed by atoms with Crippen molar-refractivity contribution in [1.82, 2.24) is 19.7 Å². The normalized spacial score (nSPS) is 17.0. The van der Waals surface area contributed by atoms with Crippen LogP contribution in [0.25, 0.3) is 11.1 Å². The number of halogens is 3. The molecule has 0 spiro atoms. The molecule has 0 bridgehead atoms. The monoisotopic (exact) mass is 530 g/mol. The number of amides is 2. The number of thiazole rings is 1. The first-order chi connectivity index (χ1) is 17.7. The molecule has 37 heavy (non-hydrogen) atoms. The van der Waals surface area contributed by atoms with Crippen LogP contribution in [0.2, 0.25) is 0 Å². The summed E-state index contributed by atoms with van der Waals surface area (Å²) in [5, 5.41) is 2.29. The Balaban J connectivity index is 1.19. The lowest BCUT2D eigenvalue weighted by Crippen LogP contribution is -2.64. The summed E-state index contributed by atoms with van der Waals surface area (Å²) in [6.07, 6.45) is -2.82. The van der Waals surface area contributed by atoms with Crippen LogP contribution < -0.4 is 4.74 Å². The summed E-state index contributed by atoms with van der Waals surface area (Å²) in [6, 6.07) is 10.1. The van der Waals surface area contributed by atoms with Crippen molar-refractivity contribution in [2.24, 2.45) is 0 Å². The van der Waals surface area contributed by atoms with Crippen LogP contribution in [0.3, 0.4) is 0 Å². The van der Waals surface area contributed by atoms with Crippen LogP contribution in [0.4, 0.5) is 13.2 Å². The van der Waals surface area contributed by atoms with E-state index in [9.17, 15) is 22.8 Å². The fraction of sp³-hybridized carbons (Fsp3) is 0.346. The molecule has 2 aromatic carbocycles. The van der Waals surface area contributed by atoms with E-state index < -0.39 is 11.7 Å². The lowest BCUT2D eigenvalue weighted by molar-refractivity contribution is -0.137. The van der Waals surface area contributed by atoms with Gasteiger partial charge in [0, 0.05) is 68.0 Å². The maximum atomic E-state index is 13.1. The summed E-state index contributed by atoms with van der Waals surface area (Å²) in [4.78, 5) is 35.5. The molecule has 0 N–H and O–H groups in total. The maximum absolute atomic E-state index is 13.1. The lowest BCUT2D eigenvalue weighted by Gasteiger charge is -2.48. The fourth-order valence-corrected chi connectivity index (χ4v) is 5.32. The molecule has 1 aromatic heterocycles. The molecule has 0 saturated carbocycles. The summed E-state index contributed by atoms with van der Waals surface area (Å²) < 4.78 is 44.9. The molecule has 0 radical (unpaired) electrons. The van der Waals surface area contributed by atoms with Crippen molar-refractivity contribution in [3.05, 3.63) is 70.2 Å². The first kappa shape index (κ1) is 25.2. The van der Waals surface area contributed by atoms with Gasteiger partial charge in [0.1, 0.15) is 5.75 Å². The predicted octanol–water partition coefficient (Wildman–Crippen LogP) is 4.12. The van der Waals surface area contributed by atoms with Gasteiger partial charge in [0.25, 0.3) is 11.8 Å². The highest BCUT2D eigenvalue weighted by molar-refractivity contribution is 7.11. The number of piperazine rings is 1. The molecular weight excluding hydrogens is 505 g/mol. The number of likely N-dealkylation sites (tertiary alicyclic amines) is 1. The third-order valence-electron chi connectivity index (χ3n) is 6.83. The highest BCUT2D eigenvalue weighted by atomic mass is 32.1. The van der Waals surface area contributed by atoms with E-state index >= 15 is 0 Å². The number of aromatic nitrogens is 1. The number of methoxy groups -OCH3 is 1. The zero-order valence-corrected chi connectivity index (χ0v) is 20.9. The number of hydrogen-bond donors (Lipinski definition) is 0. The van der Waals surface area contributed by atoms with Gasteiger partial charge in [-0.1, -0.05) is 12.1 Å². The molecule has 7 nitrogen and oxygen atoms in total. The molecule has 2 aliphatic rings. The summed E-state index contributed by atoms with van der Waals surface area (Å²) in [5.41, 5.74) is 0.524. The van der Waals surface area contributed by atoms with E-state index in [1.807, 2.05) is 4.90 Å². The first-order valence-corrected chi connectivity index (χ1v) is 12.7. The topological polar surface area (TPSA) is 66.0 Å². The Hall–Kier alpha value is -3.44. The molecule has 5 rings (SSSR count). The minimum Gasteiger partial charge on any atom is -0.496 e. The standard InChI is InChI=1S/C26H25F3N4O3S/c1-36-22-14-18(5-6-21(22)17-3-2-4-19(13-17)26(27,28)29)24(34)33-15-20(16-33)31-8-10-32(11-9-31)25(35)23-30-7-12-37-23/h2-7,12-14,20H,8-11,15-16H2,1H3. The molecule has 0 aliphatic carbocycles. The number of carbonyl (C=O) groups excluding carboxylic acids is 2. The van der Waals surface area contributed by atoms with E-state index in [2.05, 4.69) is 9.88 Å². The highest BCUT2D eigenvalue weighted by Gasteiger charge is 2.37. The van der Waals surface area contributed by atoms with Crippen LogP contribution >= 0.6 is 11.3 Å². The van der Waals surface area contributed by atoms with Crippen molar-refractivity contribution in [3.63, 3.8) is 0 Å². The maximum Gasteiger partial charge on any atom is 0.416 e. The van der Waals surface area contributed by atoms with Crippen molar-refractivity contribution in [3.8, 4) is 16.9 Å². The van der Waals surface area contributed by atoms with Gasteiger partial charge in [0.2, 0.25) is 0 Å². The number of benzene rings is 2. The Bertz CT molecular complexity index is 1280. The van der Waals surface area contributed by atoms with Crippen LogP contribution in [0, 0.1) is 0 Å². The zero-order valence-electron chi connectivity index (χ0n) is 20.1. The minimum atomic E-state index is -4.45. The van der Waals surface area contributed by atoms with Gasteiger partial charge < -0.3 is 14.5 Å². The molecule has 3 aromatic rings. The summed E-state index contributed by atoms with van der Waals surface area (Å²) >= 11 is 1.34. The average Bonchev–Trinajstić information content (AvgIpc) is 3.42. The van der Waals surface area contributed by atoms with Crippen molar-refractivity contribution < 1.29 is 27.5 Å². The lowest BCUT2D eigenvalue weighted by atomic mass is 9.99. The third kappa shape index (κ3) is 5.19. The largest absolute Gasteiger partial charge is 0.496 e. The Morgan fingerprint density at radius 3 is 2.41 bits per heavy atom. The van der Waals surface area contributed by atoms with Crippen molar-refractivity contribution >= 4 is 23.2 Å². The molecule has 2 fully saturated rings. The molecular formula is C26H25F3N4O3S. The van der Waals surface area contributed by atoms with E-state index in [0.29, 0.717) is 53.6 Å². The summed E-state index contributed by atoms with van der Waals surface area (Å²) in [5.74, 6) is 0.147. The Labute approximate surface area is 216 Å². The van der Waals surface area contributed by atoms with Crippen LogP contribution in [-0.4, -0.2) is 83.9 Å². The van der Waals surface area contributed by atoms with E-state index in [1.165, 1.54) is 24.5 Å². The van der Waals surface area contributed by atoms with Crippen LogP contribution in [0.1, 0.15) is 25.7 Å². The quantitative estimate of drug-likeness (QED) is 0.497. The van der Waals surface area contributed by atoms with Crippen molar-refractivity contribution in [1.29, 1.82) is 0 Å². The second-order valence-corrected chi connectivity index (χ2v) is 9.92. The SMILES string of the molecule is COc1cc(C(=O)N2CC(N3CCN(C(=O)c4nccs4)CC3)C2)ccc1-c1cccc(C(F)(F)F)c1. The zero-order chi connectivity index (χ0) is 26.2. The average molecular weight is 531 g/mol. The van der Waals surface area contributed by atoms with Gasteiger partial charge in [-0.2, -0.15) is 13.2 Å². The number of alkyl halides is 3.